The van der Waals surface area contributed by atoms with Crippen molar-refractivity contribution in [1.82, 2.24) is 10.6 Å². The predicted molar refractivity (Wildman–Crippen MR) is 161 cm³/mol. The summed E-state index contributed by atoms with van der Waals surface area (Å²) in [6.45, 7) is 3.40. The molecule has 0 spiro atoms. The molecule has 2 rings (SSSR count). The summed E-state index contributed by atoms with van der Waals surface area (Å²) in [5.41, 5.74) is 30.1. The Hall–Kier alpha value is -3.70. The van der Waals surface area contributed by atoms with Crippen LogP contribution in [0.2, 0.25) is 0 Å². The van der Waals surface area contributed by atoms with Crippen LogP contribution in [0.25, 0.3) is 20.9 Å². The number of carbonyl (C=O) groups is 2. The van der Waals surface area contributed by atoms with Crippen LogP contribution in [-0.4, -0.2) is 56.2 Å². The van der Waals surface area contributed by atoms with E-state index in [1.807, 2.05) is 0 Å². The van der Waals surface area contributed by atoms with E-state index in [1.165, 1.54) is 6.92 Å². The van der Waals surface area contributed by atoms with E-state index in [-0.39, 0.29) is 36.5 Å². The third-order valence-electron chi connectivity index (χ3n) is 7.01. The molecule has 0 aromatic heterocycles. The first-order chi connectivity index (χ1) is 20.3. The number of unbranched alkanes of at least 4 members (excludes halogenated alkanes) is 6. The van der Waals surface area contributed by atoms with Crippen molar-refractivity contribution < 1.29 is 19.1 Å². The van der Waals surface area contributed by atoms with Gasteiger partial charge >= 0.3 is 0 Å². The maximum atomic E-state index is 13.4. The molecule has 42 heavy (non-hydrogen) atoms. The highest BCUT2D eigenvalue weighted by atomic mass is 16.5. The second kappa shape index (κ2) is 20.2. The Bertz CT molecular complexity index is 1030. The minimum atomic E-state index is -0.266. The summed E-state index contributed by atoms with van der Waals surface area (Å²) in [4.78, 5) is 30.7. The molecule has 3 atom stereocenters. The van der Waals surface area contributed by atoms with E-state index in [9.17, 15) is 9.59 Å². The van der Waals surface area contributed by atoms with Crippen LogP contribution >= 0.6 is 0 Å². The van der Waals surface area contributed by atoms with Gasteiger partial charge in [0.25, 0.3) is 5.91 Å². The number of nitrogens with one attached hydrogen (secondary N) is 2. The van der Waals surface area contributed by atoms with E-state index in [0.717, 1.165) is 57.8 Å². The number of azide groups is 2. The molecule has 0 unspecified atom stereocenters. The van der Waals surface area contributed by atoms with E-state index in [4.69, 9.17) is 32.0 Å². The van der Waals surface area contributed by atoms with E-state index in [0.29, 0.717) is 61.8 Å². The summed E-state index contributed by atoms with van der Waals surface area (Å²) in [6.07, 6.45) is 8.83. The van der Waals surface area contributed by atoms with Gasteiger partial charge in [0.15, 0.2) is 0 Å². The van der Waals surface area contributed by atoms with Crippen LogP contribution in [-0.2, 0) is 11.3 Å². The van der Waals surface area contributed by atoms with Gasteiger partial charge in [-0.2, -0.15) is 0 Å². The summed E-state index contributed by atoms with van der Waals surface area (Å²) in [7, 11) is 0. The van der Waals surface area contributed by atoms with Crippen molar-refractivity contribution >= 4 is 11.8 Å². The average Bonchev–Trinajstić information content (AvgIpc) is 2.94. The quantitative estimate of drug-likeness (QED) is 0.0728. The Balaban J connectivity index is 2.18. The topological polar surface area (TPSA) is 226 Å². The highest BCUT2D eigenvalue weighted by Gasteiger charge is 2.27. The van der Waals surface area contributed by atoms with Crippen LogP contribution in [0.15, 0.2) is 22.4 Å². The molecule has 1 saturated carbocycles. The normalized spacial score (nSPS) is 17.8. The first kappa shape index (κ1) is 34.5. The Labute approximate surface area is 247 Å². The molecule has 0 radical (unpaired) electrons. The van der Waals surface area contributed by atoms with E-state index >= 15 is 0 Å². The van der Waals surface area contributed by atoms with Gasteiger partial charge in [-0.05, 0) is 68.1 Å². The number of nitrogens with two attached hydrogens (primary N) is 2. The molecule has 14 heteroatoms. The molecule has 14 nitrogen and oxygen atoms in total. The Morgan fingerprint density at radius 3 is 1.83 bits per heavy atom. The lowest BCUT2D eigenvalue weighted by molar-refractivity contribution is -0.119. The fourth-order valence-electron chi connectivity index (χ4n) is 4.92. The lowest BCUT2D eigenvalue weighted by atomic mass is 9.88. The van der Waals surface area contributed by atoms with Gasteiger partial charge in [0.1, 0.15) is 11.5 Å². The number of rotatable bonds is 20. The second-order valence-electron chi connectivity index (χ2n) is 10.7. The molecule has 232 valence electrons. The first-order valence-corrected chi connectivity index (χ1v) is 14.8. The van der Waals surface area contributed by atoms with Crippen LogP contribution in [0.1, 0.15) is 93.5 Å². The molecule has 1 aromatic rings. The minimum absolute atomic E-state index is 0.0599. The van der Waals surface area contributed by atoms with Crippen LogP contribution in [0.3, 0.4) is 0 Å². The minimum Gasteiger partial charge on any atom is -0.493 e. The molecule has 6 N–H and O–H groups in total. The van der Waals surface area contributed by atoms with Crippen molar-refractivity contribution in [3.05, 3.63) is 44.1 Å². The van der Waals surface area contributed by atoms with Crippen LogP contribution in [0.4, 0.5) is 0 Å². The monoisotopic (exact) mass is 586 g/mol. The Morgan fingerprint density at radius 1 is 0.857 bits per heavy atom. The van der Waals surface area contributed by atoms with E-state index in [2.05, 4.69) is 30.7 Å². The molecule has 0 aliphatic heterocycles. The maximum absolute atomic E-state index is 13.4. The number of carbonyl (C=O) groups excluding carboxylic acids is 2. The summed E-state index contributed by atoms with van der Waals surface area (Å²) < 4.78 is 12.3. The molecule has 0 heterocycles. The lowest BCUT2D eigenvalue weighted by Crippen LogP contribution is -2.49. The van der Waals surface area contributed by atoms with Crippen molar-refractivity contribution in [3.8, 4) is 11.5 Å². The Morgan fingerprint density at radius 2 is 1.36 bits per heavy atom. The number of ether oxygens (including phenoxy) is 2. The molecule has 1 aromatic carbocycles. The molecule has 1 fully saturated rings. The summed E-state index contributed by atoms with van der Waals surface area (Å²) in [5.74, 6) is 0.496. The smallest absolute Gasteiger partial charge is 0.251 e. The van der Waals surface area contributed by atoms with Crippen molar-refractivity contribution in [2.24, 2.45) is 21.7 Å². The maximum Gasteiger partial charge on any atom is 0.251 e. The summed E-state index contributed by atoms with van der Waals surface area (Å²) >= 11 is 0. The second-order valence-corrected chi connectivity index (χ2v) is 10.7. The van der Waals surface area contributed by atoms with Gasteiger partial charge in [-0.25, -0.2) is 0 Å². The fourth-order valence-corrected chi connectivity index (χ4v) is 4.92. The van der Waals surface area contributed by atoms with Gasteiger partial charge in [-0.1, -0.05) is 35.9 Å². The van der Waals surface area contributed by atoms with Gasteiger partial charge in [-0.3, -0.25) is 9.59 Å². The molecule has 0 saturated heterocycles. The molecule has 2 amide bonds. The van der Waals surface area contributed by atoms with E-state index in [1.54, 1.807) is 12.1 Å². The van der Waals surface area contributed by atoms with Crippen molar-refractivity contribution in [3.63, 3.8) is 0 Å². The number of hydrogen-bond donors (Lipinski definition) is 4. The highest BCUT2D eigenvalue weighted by Crippen LogP contribution is 2.32. The number of benzene rings is 1. The van der Waals surface area contributed by atoms with Crippen LogP contribution < -0.4 is 31.6 Å². The highest BCUT2D eigenvalue weighted by molar-refractivity contribution is 5.95. The van der Waals surface area contributed by atoms with Gasteiger partial charge in [0, 0.05) is 53.5 Å². The van der Waals surface area contributed by atoms with Gasteiger partial charge < -0.3 is 31.6 Å². The molecular weight excluding hydrogens is 540 g/mol. The third-order valence-corrected chi connectivity index (χ3v) is 7.01. The summed E-state index contributed by atoms with van der Waals surface area (Å²) in [5, 5.41) is 13.0. The molecular formula is C28H46N10O4. The average molecular weight is 587 g/mol. The number of hydrogen-bond acceptors (Lipinski definition) is 8. The molecule has 0 bridgehead atoms. The zero-order chi connectivity index (χ0) is 30.6. The summed E-state index contributed by atoms with van der Waals surface area (Å²) in [6, 6.07) is 3.14. The van der Waals surface area contributed by atoms with Crippen molar-refractivity contribution in [2.75, 3.05) is 26.3 Å². The zero-order valence-electron chi connectivity index (χ0n) is 24.7. The van der Waals surface area contributed by atoms with Crippen LogP contribution in [0, 0.1) is 0 Å². The van der Waals surface area contributed by atoms with Gasteiger partial charge in [0.2, 0.25) is 5.91 Å². The fraction of sp³-hybridized carbons (Fsp3) is 0.714. The molecule has 1 aliphatic rings. The standard InChI is InChI=1S/C28H46N10O4/c1-20(39)33-19-25-26(41-12-8-4-2-6-10-34-37-31)14-21(28(40)36-24-17-22(29)16-23(30)18-24)15-27(25)42-13-9-5-3-7-11-35-38-32/h14-15,22-24H,2-13,16-19,29-30H2,1H3,(H,33,39)(H,36,40)/t22-,23+,24-. The van der Waals surface area contributed by atoms with Crippen molar-refractivity contribution in [2.45, 2.75) is 102 Å². The van der Waals surface area contributed by atoms with Gasteiger partial charge in [0.05, 0.1) is 25.3 Å². The van der Waals surface area contributed by atoms with E-state index < -0.39 is 0 Å². The predicted octanol–water partition coefficient (Wildman–Crippen LogP) is 4.76. The number of nitrogens with zero attached hydrogens (tertiary/aromatic N) is 6. The number of amides is 2. The third kappa shape index (κ3) is 13.8. The van der Waals surface area contributed by atoms with Crippen molar-refractivity contribution in [1.29, 1.82) is 0 Å². The molecule has 1 aliphatic carbocycles. The van der Waals surface area contributed by atoms with Crippen LogP contribution in [0.5, 0.6) is 11.5 Å². The lowest BCUT2D eigenvalue weighted by Gasteiger charge is -2.31. The Kier molecular flexibility index (Phi) is 16.6. The largest absolute Gasteiger partial charge is 0.493 e. The van der Waals surface area contributed by atoms with Gasteiger partial charge in [-0.15, -0.1) is 0 Å². The zero-order valence-corrected chi connectivity index (χ0v) is 24.7. The first-order valence-electron chi connectivity index (χ1n) is 14.8. The SMILES string of the molecule is CC(=O)NCc1c(OCCCCCCN=[N+]=[N-])cc(C(=O)N[C@@H]2C[C@H](N)C[C@H](N)C2)cc1OCCCCCCN=[N+]=[N-].